The van der Waals surface area contributed by atoms with Crippen LogP contribution in [0.15, 0.2) is 30.6 Å². The van der Waals surface area contributed by atoms with Crippen LogP contribution in [0.5, 0.6) is 0 Å². The summed E-state index contributed by atoms with van der Waals surface area (Å²) < 4.78 is 1.79. The molecule has 0 radical (unpaired) electrons. The van der Waals surface area contributed by atoms with E-state index in [-0.39, 0.29) is 0 Å². The Kier molecular flexibility index (Phi) is 3.76. The van der Waals surface area contributed by atoms with Gasteiger partial charge in [-0.15, -0.1) is 5.10 Å². The third kappa shape index (κ3) is 2.98. The van der Waals surface area contributed by atoms with Crippen LogP contribution in [0, 0.1) is 11.3 Å². The minimum atomic E-state index is 0.499. The van der Waals surface area contributed by atoms with Crippen molar-refractivity contribution in [1.82, 2.24) is 15.0 Å². The minimum Gasteiger partial charge on any atom is -0.398 e. The maximum absolute atomic E-state index is 8.76. The molecular formula is C12H14N6. The molecule has 18 heavy (non-hydrogen) atoms. The highest BCUT2D eigenvalue weighted by molar-refractivity contribution is 5.62. The van der Waals surface area contributed by atoms with Gasteiger partial charge in [0.05, 0.1) is 17.4 Å². The third-order valence-corrected chi connectivity index (χ3v) is 2.54. The number of hydrogen-bond acceptors (Lipinski definition) is 5. The number of nitrogens with zero attached hydrogens (tertiary/aromatic N) is 4. The molecule has 0 saturated carbocycles. The first-order chi connectivity index (χ1) is 8.79. The molecule has 0 aliphatic heterocycles. The standard InChI is InChI=1S/C12H14N6/c13-9-10-2-3-11(8-12(10)14)15-4-1-6-18-7-5-16-17-18/h2-3,5,7-8,15H,1,4,6,14H2. The number of aromatic nitrogens is 3. The summed E-state index contributed by atoms with van der Waals surface area (Å²) in [5.74, 6) is 0. The van der Waals surface area contributed by atoms with Crippen molar-refractivity contribution in [2.45, 2.75) is 13.0 Å². The van der Waals surface area contributed by atoms with E-state index in [9.17, 15) is 0 Å². The molecule has 0 amide bonds. The molecule has 1 aromatic carbocycles. The quantitative estimate of drug-likeness (QED) is 0.607. The van der Waals surface area contributed by atoms with E-state index < -0.39 is 0 Å². The van der Waals surface area contributed by atoms with Crippen molar-refractivity contribution in [2.75, 3.05) is 17.6 Å². The summed E-state index contributed by atoms with van der Waals surface area (Å²) in [4.78, 5) is 0. The van der Waals surface area contributed by atoms with Crippen molar-refractivity contribution in [3.63, 3.8) is 0 Å². The van der Waals surface area contributed by atoms with Gasteiger partial charge < -0.3 is 11.1 Å². The predicted octanol–water partition coefficient (Wildman–Crippen LogP) is 1.23. The molecule has 0 atom stereocenters. The average molecular weight is 242 g/mol. The van der Waals surface area contributed by atoms with Gasteiger partial charge in [0.1, 0.15) is 6.07 Å². The monoisotopic (exact) mass is 242 g/mol. The van der Waals surface area contributed by atoms with E-state index in [1.165, 1.54) is 0 Å². The Morgan fingerprint density at radius 3 is 3.00 bits per heavy atom. The summed E-state index contributed by atoms with van der Waals surface area (Å²) >= 11 is 0. The van der Waals surface area contributed by atoms with Crippen LogP contribution in [0.1, 0.15) is 12.0 Å². The zero-order chi connectivity index (χ0) is 12.8. The summed E-state index contributed by atoms with van der Waals surface area (Å²) in [5.41, 5.74) is 7.65. The van der Waals surface area contributed by atoms with Crippen molar-refractivity contribution < 1.29 is 0 Å². The van der Waals surface area contributed by atoms with E-state index in [0.717, 1.165) is 25.2 Å². The van der Waals surface area contributed by atoms with E-state index in [1.54, 1.807) is 23.0 Å². The van der Waals surface area contributed by atoms with Crippen LogP contribution in [-0.2, 0) is 6.54 Å². The minimum absolute atomic E-state index is 0.499. The molecule has 0 saturated heterocycles. The molecule has 0 spiro atoms. The Bertz CT molecular complexity index is 540. The van der Waals surface area contributed by atoms with E-state index >= 15 is 0 Å². The Morgan fingerprint density at radius 2 is 2.33 bits per heavy atom. The van der Waals surface area contributed by atoms with Crippen molar-refractivity contribution >= 4 is 11.4 Å². The second-order valence-electron chi connectivity index (χ2n) is 3.86. The van der Waals surface area contributed by atoms with Gasteiger partial charge >= 0.3 is 0 Å². The lowest BCUT2D eigenvalue weighted by Gasteiger charge is -2.07. The van der Waals surface area contributed by atoms with E-state index in [1.807, 2.05) is 18.3 Å². The largest absolute Gasteiger partial charge is 0.398 e. The number of nitrogens with two attached hydrogens (primary N) is 1. The van der Waals surface area contributed by atoms with Crippen LogP contribution in [0.4, 0.5) is 11.4 Å². The molecular weight excluding hydrogens is 228 g/mol. The zero-order valence-electron chi connectivity index (χ0n) is 9.87. The van der Waals surface area contributed by atoms with Gasteiger partial charge in [0.25, 0.3) is 0 Å². The Morgan fingerprint density at radius 1 is 1.44 bits per heavy atom. The van der Waals surface area contributed by atoms with Crippen molar-refractivity contribution in [1.29, 1.82) is 5.26 Å². The smallest absolute Gasteiger partial charge is 0.101 e. The molecule has 0 unspecified atom stereocenters. The third-order valence-electron chi connectivity index (χ3n) is 2.54. The molecule has 2 aromatic rings. The lowest BCUT2D eigenvalue weighted by Crippen LogP contribution is -2.07. The number of nitriles is 1. The molecule has 0 aliphatic rings. The summed E-state index contributed by atoms with van der Waals surface area (Å²) in [5, 5.41) is 19.6. The summed E-state index contributed by atoms with van der Waals surface area (Å²) in [6, 6.07) is 7.38. The van der Waals surface area contributed by atoms with Gasteiger partial charge in [0, 0.05) is 25.0 Å². The molecule has 6 nitrogen and oxygen atoms in total. The Labute approximate surface area is 105 Å². The van der Waals surface area contributed by atoms with Gasteiger partial charge in [-0.2, -0.15) is 5.26 Å². The summed E-state index contributed by atoms with van der Waals surface area (Å²) in [7, 11) is 0. The zero-order valence-corrected chi connectivity index (χ0v) is 9.87. The van der Waals surface area contributed by atoms with Crippen LogP contribution in [0.2, 0.25) is 0 Å². The molecule has 92 valence electrons. The highest BCUT2D eigenvalue weighted by Gasteiger charge is 1.99. The van der Waals surface area contributed by atoms with Crippen molar-refractivity contribution in [3.8, 4) is 6.07 Å². The normalized spacial score (nSPS) is 9.94. The lowest BCUT2D eigenvalue weighted by atomic mass is 10.2. The van der Waals surface area contributed by atoms with Crippen LogP contribution in [0.25, 0.3) is 0 Å². The van der Waals surface area contributed by atoms with Gasteiger partial charge in [-0.1, -0.05) is 5.21 Å². The Balaban J connectivity index is 1.80. The topological polar surface area (TPSA) is 92.5 Å². The van der Waals surface area contributed by atoms with Gasteiger partial charge in [-0.25, -0.2) is 0 Å². The molecule has 1 aromatic heterocycles. The molecule has 0 aliphatic carbocycles. The van der Waals surface area contributed by atoms with Crippen LogP contribution in [0.3, 0.4) is 0 Å². The first-order valence-electron chi connectivity index (χ1n) is 5.67. The second kappa shape index (κ2) is 5.68. The van der Waals surface area contributed by atoms with E-state index in [0.29, 0.717) is 11.3 Å². The second-order valence-corrected chi connectivity index (χ2v) is 3.86. The van der Waals surface area contributed by atoms with Crippen LogP contribution >= 0.6 is 0 Å². The maximum atomic E-state index is 8.76. The van der Waals surface area contributed by atoms with E-state index in [4.69, 9.17) is 11.0 Å². The number of benzene rings is 1. The summed E-state index contributed by atoms with van der Waals surface area (Å²) in [6.45, 7) is 1.63. The fourth-order valence-electron chi connectivity index (χ4n) is 1.60. The molecule has 0 bridgehead atoms. The number of rotatable bonds is 5. The predicted molar refractivity (Wildman–Crippen MR) is 68.7 cm³/mol. The first-order valence-corrected chi connectivity index (χ1v) is 5.67. The number of aryl methyl sites for hydroxylation is 1. The molecule has 0 fully saturated rings. The first kappa shape index (κ1) is 11.9. The van der Waals surface area contributed by atoms with Gasteiger partial charge in [0.15, 0.2) is 0 Å². The number of nitrogens with one attached hydrogen (secondary N) is 1. The van der Waals surface area contributed by atoms with Gasteiger partial charge in [-0.3, -0.25) is 4.68 Å². The van der Waals surface area contributed by atoms with E-state index in [2.05, 4.69) is 15.6 Å². The SMILES string of the molecule is N#Cc1ccc(NCCCn2ccnn2)cc1N. The fourth-order valence-corrected chi connectivity index (χ4v) is 1.60. The highest BCUT2D eigenvalue weighted by atomic mass is 15.4. The lowest BCUT2D eigenvalue weighted by molar-refractivity contribution is 0.570. The molecule has 1 heterocycles. The molecule has 3 N–H and O–H groups in total. The number of hydrogen-bond donors (Lipinski definition) is 2. The highest BCUT2D eigenvalue weighted by Crippen LogP contribution is 2.16. The Hall–Kier alpha value is -2.55. The fraction of sp³-hybridized carbons (Fsp3) is 0.250. The van der Waals surface area contributed by atoms with Crippen molar-refractivity contribution in [3.05, 3.63) is 36.2 Å². The number of nitrogen functional groups attached to an aromatic ring is 1. The number of anilines is 2. The average Bonchev–Trinajstić information content (AvgIpc) is 2.88. The summed E-state index contributed by atoms with van der Waals surface area (Å²) in [6.07, 6.45) is 4.43. The maximum Gasteiger partial charge on any atom is 0.101 e. The molecule has 6 heteroatoms. The van der Waals surface area contributed by atoms with Crippen molar-refractivity contribution in [2.24, 2.45) is 0 Å². The van der Waals surface area contributed by atoms with Crippen LogP contribution in [-0.4, -0.2) is 21.5 Å². The van der Waals surface area contributed by atoms with Gasteiger partial charge in [-0.05, 0) is 24.6 Å². The van der Waals surface area contributed by atoms with Crippen LogP contribution < -0.4 is 11.1 Å². The van der Waals surface area contributed by atoms with Gasteiger partial charge in [0.2, 0.25) is 0 Å². The molecule has 2 rings (SSSR count).